The highest BCUT2D eigenvalue weighted by Crippen LogP contribution is 2.29. The third kappa shape index (κ3) is 4.51. The molecular weight excluding hydrogens is 180 g/mol. The number of rotatable bonds is 4. The van der Waals surface area contributed by atoms with Gasteiger partial charge in [-0.25, -0.2) is 0 Å². The molecule has 15 heavy (non-hydrogen) atoms. The summed E-state index contributed by atoms with van der Waals surface area (Å²) in [4.78, 5) is 0. The minimum Gasteiger partial charge on any atom is -0.0958 e. The summed E-state index contributed by atoms with van der Waals surface area (Å²) in [5.74, 6) is 1.59. The fourth-order valence-corrected chi connectivity index (χ4v) is 2.11. The summed E-state index contributed by atoms with van der Waals surface area (Å²) in [5, 5.41) is 0. The monoisotopic (exact) mass is 204 g/mol. The van der Waals surface area contributed by atoms with Crippen LogP contribution in [0.5, 0.6) is 0 Å². The maximum Gasteiger partial charge on any atom is -0.0201 e. The van der Waals surface area contributed by atoms with Gasteiger partial charge in [0.05, 0.1) is 0 Å². The number of hydrogen-bond acceptors (Lipinski definition) is 0. The molecule has 1 aliphatic rings. The van der Waals surface area contributed by atoms with E-state index in [1.54, 1.807) is 0 Å². The molecule has 0 spiro atoms. The van der Waals surface area contributed by atoms with Crippen molar-refractivity contribution in [3.05, 3.63) is 36.0 Å². The van der Waals surface area contributed by atoms with Gasteiger partial charge in [-0.2, -0.15) is 0 Å². The Balaban J connectivity index is 2.34. The lowest BCUT2D eigenvalue weighted by molar-refractivity contribution is 0.377. The lowest BCUT2D eigenvalue weighted by Crippen LogP contribution is -2.12. The molecule has 0 N–H and O–H groups in total. The Morgan fingerprint density at radius 2 is 2.33 bits per heavy atom. The van der Waals surface area contributed by atoms with Crippen LogP contribution in [0.3, 0.4) is 0 Å². The SMILES string of the molecule is C=C1C=C[C@H]([C@H](C)CCC=C(C)C)CC1. The molecule has 0 bridgehead atoms. The first-order valence-corrected chi connectivity index (χ1v) is 6.09. The van der Waals surface area contributed by atoms with E-state index in [0.717, 1.165) is 11.8 Å². The predicted octanol–water partition coefficient (Wildman–Crippen LogP) is 4.89. The second-order valence-electron chi connectivity index (χ2n) is 5.06. The van der Waals surface area contributed by atoms with Crippen LogP contribution < -0.4 is 0 Å². The first-order valence-electron chi connectivity index (χ1n) is 6.09. The van der Waals surface area contributed by atoms with Crippen molar-refractivity contribution in [2.24, 2.45) is 11.8 Å². The Bertz CT molecular complexity index is 264. The highest BCUT2D eigenvalue weighted by atomic mass is 14.2. The van der Waals surface area contributed by atoms with Gasteiger partial charge in [0.25, 0.3) is 0 Å². The molecule has 0 heterocycles. The van der Waals surface area contributed by atoms with Crippen LogP contribution in [0.1, 0.15) is 46.5 Å². The quantitative estimate of drug-likeness (QED) is 0.572. The molecule has 0 amide bonds. The van der Waals surface area contributed by atoms with E-state index in [9.17, 15) is 0 Å². The van der Waals surface area contributed by atoms with Crippen molar-refractivity contribution < 1.29 is 0 Å². The summed E-state index contributed by atoms with van der Waals surface area (Å²) in [5.41, 5.74) is 2.73. The van der Waals surface area contributed by atoms with Gasteiger partial charge < -0.3 is 0 Å². The maximum atomic E-state index is 4.00. The smallest absolute Gasteiger partial charge is 0.0201 e. The van der Waals surface area contributed by atoms with E-state index in [0.29, 0.717) is 0 Å². The van der Waals surface area contributed by atoms with Crippen molar-refractivity contribution in [1.82, 2.24) is 0 Å². The lowest BCUT2D eigenvalue weighted by Gasteiger charge is -2.23. The van der Waals surface area contributed by atoms with Crippen molar-refractivity contribution in [3.63, 3.8) is 0 Å². The molecule has 0 aromatic heterocycles. The van der Waals surface area contributed by atoms with Crippen LogP contribution in [0.15, 0.2) is 36.0 Å². The Kier molecular flexibility index (Phi) is 4.87. The van der Waals surface area contributed by atoms with Gasteiger partial charge in [-0.15, -0.1) is 0 Å². The minimum absolute atomic E-state index is 0.779. The van der Waals surface area contributed by atoms with E-state index in [2.05, 4.69) is 45.6 Å². The highest BCUT2D eigenvalue weighted by Gasteiger charge is 2.16. The van der Waals surface area contributed by atoms with Crippen molar-refractivity contribution in [3.8, 4) is 0 Å². The van der Waals surface area contributed by atoms with E-state index >= 15 is 0 Å². The van der Waals surface area contributed by atoms with Crippen molar-refractivity contribution in [1.29, 1.82) is 0 Å². The predicted molar refractivity (Wildman–Crippen MR) is 68.8 cm³/mol. The summed E-state index contributed by atoms with van der Waals surface area (Å²) in [7, 11) is 0. The molecular formula is C15H24. The van der Waals surface area contributed by atoms with Crippen molar-refractivity contribution in [2.45, 2.75) is 46.5 Å². The molecule has 1 rings (SSSR count). The van der Waals surface area contributed by atoms with Crippen LogP contribution in [0, 0.1) is 11.8 Å². The third-order valence-electron chi connectivity index (χ3n) is 3.28. The van der Waals surface area contributed by atoms with Crippen LogP contribution in [0.2, 0.25) is 0 Å². The zero-order chi connectivity index (χ0) is 11.3. The zero-order valence-electron chi connectivity index (χ0n) is 10.4. The van der Waals surface area contributed by atoms with E-state index in [1.165, 1.54) is 36.8 Å². The van der Waals surface area contributed by atoms with Crippen molar-refractivity contribution in [2.75, 3.05) is 0 Å². The van der Waals surface area contributed by atoms with Gasteiger partial charge in [0.1, 0.15) is 0 Å². The first-order chi connectivity index (χ1) is 7.09. The molecule has 0 aromatic rings. The van der Waals surface area contributed by atoms with E-state index in [4.69, 9.17) is 0 Å². The molecule has 1 aliphatic carbocycles. The molecule has 0 unspecified atom stereocenters. The van der Waals surface area contributed by atoms with Gasteiger partial charge in [0.15, 0.2) is 0 Å². The van der Waals surface area contributed by atoms with Crippen LogP contribution in [0.4, 0.5) is 0 Å². The molecule has 0 nitrogen and oxygen atoms in total. The normalized spacial score (nSPS) is 22.6. The van der Waals surface area contributed by atoms with Crippen LogP contribution >= 0.6 is 0 Å². The van der Waals surface area contributed by atoms with Crippen LogP contribution in [-0.2, 0) is 0 Å². The highest BCUT2D eigenvalue weighted by molar-refractivity contribution is 5.19. The van der Waals surface area contributed by atoms with E-state index < -0.39 is 0 Å². The number of hydrogen-bond donors (Lipinski definition) is 0. The molecule has 0 saturated carbocycles. The fraction of sp³-hybridized carbons (Fsp3) is 0.600. The zero-order valence-corrected chi connectivity index (χ0v) is 10.4. The van der Waals surface area contributed by atoms with Gasteiger partial charge in [-0.3, -0.25) is 0 Å². The van der Waals surface area contributed by atoms with Gasteiger partial charge in [0.2, 0.25) is 0 Å². The Hall–Kier alpha value is -0.780. The molecule has 0 radical (unpaired) electrons. The first kappa shape index (κ1) is 12.3. The summed E-state index contributed by atoms with van der Waals surface area (Å²) in [6.45, 7) is 10.7. The van der Waals surface area contributed by atoms with Gasteiger partial charge in [0, 0.05) is 0 Å². The molecule has 2 atom stereocenters. The standard InChI is InChI=1S/C15H24/c1-12(2)6-5-7-14(4)15-10-8-13(3)9-11-15/h6,8,10,14-15H,3,5,7,9,11H2,1-2,4H3/t14-,15+/m1/s1. The maximum absolute atomic E-state index is 4.00. The average Bonchev–Trinajstić information content (AvgIpc) is 2.18. The van der Waals surface area contributed by atoms with Gasteiger partial charge in [-0.05, 0) is 51.4 Å². The van der Waals surface area contributed by atoms with Crippen LogP contribution in [-0.4, -0.2) is 0 Å². The van der Waals surface area contributed by atoms with Crippen molar-refractivity contribution >= 4 is 0 Å². The Morgan fingerprint density at radius 1 is 1.60 bits per heavy atom. The second kappa shape index (κ2) is 5.95. The molecule has 0 heteroatoms. The number of allylic oxidation sites excluding steroid dienone is 5. The molecule has 0 fully saturated rings. The summed E-state index contributed by atoms with van der Waals surface area (Å²) < 4.78 is 0. The average molecular weight is 204 g/mol. The minimum atomic E-state index is 0.779. The molecule has 84 valence electrons. The second-order valence-corrected chi connectivity index (χ2v) is 5.06. The molecule has 0 saturated heterocycles. The topological polar surface area (TPSA) is 0 Å². The largest absolute Gasteiger partial charge is 0.0958 e. The van der Waals surface area contributed by atoms with Crippen LogP contribution in [0.25, 0.3) is 0 Å². The summed E-state index contributed by atoms with van der Waals surface area (Å²) in [6, 6.07) is 0. The van der Waals surface area contributed by atoms with Gasteiger partial charge in [-0.1, -0.05) is 42.9 Å². The lowest BCUT2D eigenvalue weighted by atomic mass is 9.82. The Labute approximate surface area is 94.8 Å². The fourth-order valence-electron chi connectivity index (χ4n) is 2.11. The van der Waals surface area contributed by atoms with E-state index in [-0.39, 0.29) is 0 Å². The Morgan fingerprint density at radius 3 is 2.87 bits per heavy atom. The summed E-state index contributed by atoms with van der Waals surface area (Å²) >= 11 is 0. The summed E-state index contributed by atoms with van der Waals surface area (Å²) in [6.07, 6.45) is 12.0. The third-order valence-corrected chi connectivity index (χ3v) is 3.28. The van der Waals surface area contributed by atoms with E-state index in [1.807, 2.05) is 0 Å². The molecule has 0 aromatic carbocycles. The van der Waals surface area contributed by atoms with Gasteiger partial charge >= 0.3 is 0 Å². The molecule has 0 aliphatic heterocycles.